The summed E-state index contributed by atoms with van der Waals surface area (Å²) in [6.07, 6.45) is 2.43. The lowest BCUT2D eigenvalue weighted by Gasteiger charge is -2.19. The predicted molar refractivity (Wildman–Crippen MR) is 139 cm³/mol. The van der Waals surface area contributed by atoms with Gasteiger partial charge in [-0.1, -0.05) is 55.8 Å². The zero-order chi connectivity index (χ0) is 25.0. The molecule has 2 heterocycles. The van der Waals surface area contributed by atoms with Crippen LogP contribution < -0.4 is 4.74 Å². The highest BCUT2D eigenvalue weighted by Gasteiger charge is 2.19. The number of para-hydroxylation sites is 1. The van der Waals surface area contributed by atoms with E-state index in [1.54, 1.807) is 6.07 Å². The third-order valence-corrected chi connectivity index (χ3v) is 5.66. The van der Waals surface area contributed by atoms with Crippen molar-refractivity contribution in [2.24, 2.45) is 0 Å². The second kappa shape index (κ2) is 10.3. The molecular formula is C29H33N3O3. The SMILES string of the molecule is CCCCc1nc2nc(C)ccc2n1Cc1ccc(-c2ccccc2OC(=O)OC(C)(C)C)cc1. The first-order valence-electron chi connectivity index (χ1n) is 12.2. The first-order chi connectivity index (χ1) is 16.7. The van der Waals surface area contributed by atoms with Gasteiger partial charge in [-0.15, -0.1) is 0 Å². The molecule has 35 heavy (non-hydrogen) atoms. The van der Waals surface area contributed by atoms with Crippen LogP contribution >= 0.6 is 0 Å². The van der Waals surface area contributed by atoms with Gasteiger partial charge in [0.1, 0.15) is 17.2 Å². The van der Waals surface area contributed by atoms with Crippen molar-refractivity contribution in [3.63, 3.8) is 0 Å². The Morgan fingerprint density at radius 3 is 2.43 bits per heavy atom. The standard InChI is InChI=1S/C29H33N3O3/c1-6-7-12-26-31-27-24(18-13-20(2)30-27)32(26)19-21-14-16-22(17-15-21)23-10-8-9-11-25(23)34-28(33)35-29(3,4)5/h8-11,13-18H,6-7,12,19H2,1-5H3. The maximum atomic E-state index is 12.2. The fourth-order valence-corrected chi connectivity index (χ4v) is 3.98. The molecule has 0 saturated carbocycles. The molecule has 2 aromatic heterocycles. The summed E-state index contributed by atoms with van der Waals surface area (Å²) in [7, 11) is 0. The van der Waals surface area contributed by atoms with Crippen LogP contribution in [-0.2, 0) is 17.7 Å². The third kappa shape index (κ3) is 6.07. The van der Waals surface area contributed by atoms with E-state index in [2.05, 4.69) is 46.8 Å². The lowest BCUT2D eigenvalue weighted by atomic mass is 10.0. The van der Waals surface area contributed by atoms with Gasteiger partial charge in [0.05, 0.1) is 5.52 Å². The number of aromatic nitrogens is 3. The van der Waals surface area contributed by atoms with Crippen LogP contribution in [0.25, 0.3) is 22.3 Å². The second-order valence-corrected chi connectivity index (χ2v) is 9.77. The summed E-state index contributed by atoms with van der Waals surface area (Å²) in [5, 5.41) is 0. The van der Waals surface area contributed by atoms with Gasteiger partial charge in [0.2, 0.25) is 0 Å². The molecule has 4 rings (SSSR count). The topological polar surface area (TPSA) is 66.2 Å². The van der Waals surface area contributed by atoms with E-state index in [-0.39, 0.29) is 0 Å². The smallest absolute Gasteiger partial charge is 0.428 e. The molecule has 4 aromatic rings. The second-order valence-electron chi connectivity index (χ2n) is 9.77. The molecular weight excluding hydrogens is 438 g/mol. The minimum Gasteiger partial charge on any atom is -0.428 e. The van der Waals surface area contributed by atoms with Gasteiger partial charge in [-0.2, -0.15) is 0 Å². The van der Waals surface area contributed by atoms with Crippen molar-refractivity contribution >= 4 is 17.3 Å². The molecule has 0 atom stereocenters. The average molecular weight is 472 g/mol. The summed E-state index contributed by atoms with van der Waals surface area (Å²) >= 11 is 0. The number of nitrogens with zero attached hydrogens (tertiary/aromatic N) is 3. The Morgan fingerprint density at radius 2 is 1.71 bits per heavy atom. The molecule has 0 fully saturated rings. The van der Waals surface area contributed by atoms with Crippen LogP contribution in [0, 0.1) is 6.92 Å². The van der Waals surface area contributed by atoms with E-state index in [0.717, 1.165) is 65.2 Å². The highest BCUT2D eigenvalue weighted by Crippen LogP contribution is 2.31. The minimum absolute atomic E-state index is 0.471. The molecule has 0 aliphatic rings. The number of hydrogen-bond donors (Lipinski definition) is 0. The van der Waals surface area contributed by atoms with Crippen molar-refractivity contribution in [1.29, 1.82) is 0 Å². The third-order valence-electron chi connectivity index (χ3n) is 5.66. The lowest BCUT2D eigenvalue weighted by Crippen LogP contribution is -2.26. The number of hydrogen-bond acceptors (Lipinski definition) is 5. The van der Waals surface area contributed by atoms with Crippen LogP contribution in [0.2, 0.25) is 0 Å². The van der Waals surface area contributed by atoms with Gasteiger partial charge in [-0.05, 0) is 63.4 Å². The fraction of sp³-hybridized carbons (Fsp3) is 0.345. The van der Waals surface area contributed by atoms with Crippen LogP contribution in [0.1, 0.15) is 57.6 Å². The van der Waals surface area contributed by atoms with Gasteiger partial charge in [-0.25, -0.2) is 14.8 Å². The van der Waals surface area contributed by atoms with E-state index in [4.69, 9.17) is 14.5 Å². The van der Waals surface area contributed by atoms with E-state index in [1.807, 2.05) is 52.0 Å². The first kappa shape index (κ1) is 24.5. The van der Waals surface area contributed by atoms with Crippen molar-refractivity contribution in [1.82, 2.24) is 14.5 Å². The molecule has 0 aliphatic carbocycles. The number of aryl methyl sites for hydroxylation is 2. The van der Waals surface area contributed by atoms with Crippen molar-refractivity contribution in [2.45, 2.75) is 66.0 Å². The minimum atomic E-state index is -0.711. The number of imidazole rings is 1. The van der Waals surface area contributed by atoms with Crippen LogP contribution in [0.15, 0.2) is 60.7 Å². The maximum Gasteiger partial charge on any atom is 0.514 e. The molecule has 6 heteroatoms. The first-order valence-corrected chi connectivity index (χ1v) is 12.2. The molecule has 0 bridgehead atoms. The average Bonchev–Trinajstić information content (AvgIpc) is 3.13. The number of pyridine rings is 1. The highest BCUT2D eigenvalue weighted by atomic mass is 16.7. The predicted octanol–water partition coefficient (Wildman–Crippen LogP) is 7.11. The highest BCUT2D eigenvalue weighted by molar-refractivity contribution is 5.75. The summed E-state index contributed by atoms with van der Waals surface area (Å²) in [6, 6.07) is 20.0. The Morgan fingerprint density at radius 1 is 0.971 bits per heavy atom. The summed E-state index contributed by atoms with van der Waals surface area (Å²) in [5.41, 5.74) is 5.18. The van der Waals surface area contributed by atoms with Gasteiger partial charge >= 0.3 is 6.16 Å². The van der Waals surface area contributed by atoms with Crippen molar-refractivity contribution in [2.75, 3.05) is 0 Å². The molecule has 6 nitrogen and oxygen atoms in total. The summed E-state index contributed by atoms with van der Waals surface area (Å²) in [6.45, 7) is 10.3. The maximum absolute atomic E-state index is 12.2. The van der Waals surface area contributed by atoms with E-state index in [1.165, 1.54) is 0 Å². The number of ether oxygens (including phenoxy) is 2. The zero-order valence-corrected chi connectivity index (χ0v) is 21.2. The van der Waals surface area contributed by atoms with Crippen LogP contribution in [0.4, 0.5) is 4.79 Å². The zero-order valence-electron chi connectivity index (χ0n) is 21.2. The van der Waals surface area contributed by atoms with Gasteiger partial charge < -0.3 is 14.0 Å². The number of benzene rings is 2. The van der Waals surface area contributed by atoms with Crippen molar-refractivity contribution in [3.8, 4) is 16.9 Å². The molecule has 0 N–H and O–H groups in total. The van der Waals surface area contributed by atoms with E-state index >= 15 is 0 Å². The number of fused-ring (bicyclic) bond motifs is 1. The Hall–Kier alpha value is -3.67. The van der Waals surface area contributed by atoms with E-state index < -0.39 is 11.8 Å². The Bertz CT molecular complexity index is 1320. The van der Waals surface area contributed by atoms with Crippen molar-refractivity contribution in [3.05, 3.63) is 77.7 Å². The molecule has 0 saturated heterocycles. The summed E-state index contributed by atoms with van der Waals surface area (Å²) in [5.74, 6) is 1.54. The molecule has 0 radical (unpaired) electrons. The molecule has 0 spiro atoms. The fourth-order valence-electron chi connectivity index (χ4n) is 3.98. The number of carbonyl (C=O) groups excluding carboxylic acids is 1. The van der Waals surface area contributed by atoms with Gasteiger partial charge in [0.25, 0.3) is 0 Å². The molecule has 0 unspecified atom stereocenters. The Kier molecular flexibility index (Phi) is 7.20. The van der Waals surface area contributed by atoms with Crippen molar-refractivity contribution < 1.29 is 14.3 Å². The van der Waals surface area contributed by atoms with Gasteiger partial charge in [0.15, 0.2) is 5.65 Å². The summed E-state index contributed by atoms with van der Waals surface area (Å²) < 4.78 is 13.1. The number of carbonyl (C=O) groups is 1. The number of unbranched alkanes of at least 4 members (excludes halogenated alkanes) is 1. The van der Waals surface area contributed by atoms with Crippen LogP contribution in [-0.4, -0.2) is 26.3 Å². The van der Waals surface area contributed by atoms with E-state index in [0.29, 0.717) is 5.75 Å². The Labute approximate surface area is 206 Å². The van der Waals surface area contributed by atoms with E-state index in [9.17, 15) is 4.79 Å². The molecule has 182 valence electrons. The monoisotopic (exact) mass is 471 g/mol. The quantitative estimate of drug-likeness (QED) is 0.212. The summed E-state index contributed by atoms with van der Waals surface area (Å²) in [4.78, 5) is 21.7. The molecule has 2 aromatic carbocycles. The normalized spacial score (nSPS) is 11.6. The Balaban J connectivity index is 1.58. The van der Waals surface area contributed by atoms with Crippen LogP contribution in [0.5, 0.6) is 5.75 Å². The van der Waals surface area contributed by atoms with Gasteiger partial charge in [0, 0.05) is 24.2 Å². The van der Waals surface area contributed by atoms with Gasteiger partial charge in [-0.3, -0.25) is 0 Å². The largest absolute Gasteiger partial charge is 0.514 e. The number of rotatable bonds is 7. The van der Waals surface area contributed by atoms with Crippen LogP contribution in [0.3, 0.4) is 0 Å². The molecule has 0 amide bonds. The lowest BCUT2D eigenvalue weighted by molar-refractivity contribution is 0.0207. The molecule has 0 aliphatic heterocycles.